The van der Waals surface area contributed by atoms with Gasteiger partial charge in [-0.3, -0.25) is 9.88 Å². The molecule has 0 radical (unpaired) electrons. The molecule has 12 heteroatoms. The molecule has 2 aliphatic heterocycles. The SMILES string of the molecule is COc1nc(N)c2nc(-c3cncc(F)c3)n(Cc3ccc(CN4C[C@@H]5C[C@H]4CN5C(=O)OC(C)(C)C)cc3)c2n1. The number of methoxy groups -OCH3 is 1. The molecule has 0 saturated carbocycles. The summed E-state index contributed by atoms with van der Waals surface area (Å²) in [6.07, 6.45) is 3.45. The number of hydrogen-bond acceptors (Lipinski definition) is 9. The smallest absolute Gasteiger partial charge is 0.410 e. The van der Waals surface area contributed by atoms with Gasteiger partial charge in [0, 0.05) is 43.5 Å². The highest BCUT2D eigenvalue weighted by Gasteiger charge is 2.46. The summed E-state index contributed by atoms with van der Waals surface area (Å²) in [7, 11) is 1.47. The highest BCUT2D eigenvalue weighted by atomic mass is 19.1. The summed E-state index contributed by atoms with van der Waals surface area (Å²) >= 11 is 0. The number of pyridine rings is 1. The van der Waals surface area contributed by atoms with Gasteiger partial charge in [0.1, 0.15) is 17.2 Å². The zero-order chi connectivity index (χ0) is 28.9. The number of nitrogens with zero attached hydrogens (tertiary/aromatic N) is 7. The molecule has 0 aliphatic carbocycles. The van der Waals surface area contributed by atoms with Crippen molar-refractivity contribution in [3.63, 3.8) is 0 Å². The number of carbonyl (C=O) groups is 1. The lowest BCUT2D eigenvalue weighted by molar-refractivity contribution is 0.0124. The number of aromatic nitrogens is 5. The predicted molar refractivity (Wildman–Crippen MR) is 151 cm³/mol. The molecule has 6 rings (SSSR count). The first-order valence-electron chi connectivity index (χ1n) is 13.6. The van der Waals surface area contributed by atoms with Gasteiger partial charge in [-0.25, -0.2) is 14.2 Å². The van der Waals surface area contributed by atoms with Crippen LogP contribution in [0.3, 0.4) is 0 Å². The molecular weight excluding hydrogens is 527 g/mol. The number of likely N-dealkylation sites (tertiary alicyclic amines) is 2. The summed E-state index contributed by atoms with van der Waals surface area (Å²) in [5, 5.41) is 0. The number of piperazine rings is 1. The molecule has 2 aliphatic rings. The summed E-state index contributed by atoms with van der Waals surface area (Å²) in [6, 6.07) is 10.4. The molecule has 5 heterocycles. The van der Waals surface area contributed by atoms with Crippen molar-refractivity contribution in [1.82, 2.24) is 34.3 Å². The van der Waals surface area contributed by atoms with Crippen molar-refractivity contribution in [2.75, 3.05) is 25.9 Å². The average Bonchev–Trinajstić information content (AvgIpc) is 3.62. The van der Waals surface area contributed by atoms with Crippen molar-refractivity contribution >= 4 is 23.1 Å². The molecule has 11 nitrogen and oxygen atoms in total. The first kappa shape index (κ1) is 26.9. The molecule has 4 aromatic rings. The van der Waals surface area contributed by atoms with Crippen molar-refractivity contribution in [2.45, 2.75) is 58.0 Å². The first-order chi connectivity index (χ1) is 19.6. The second kappa shape index (κ2) is 10.3. The monoisotopic (exact) mass is 560 g/mol. The van der Waals surface area contributed by atoms with E-state index in [-0.39, 0.29) is 24.0 Å². The number of benzene rings is 1. The van der Waals surface area contributed by atoms with E-state index < -0.39 is 11.4 Å². The molecule has 2 atom stereocenters. The van der Waals surface area contributed by atoms with Gasteiger partial charge in [0.25, 0.3) is 0 Å². The van der Waals surface area contributed by atoms with E-state index in [0.717, 1.165) is 31.3 Å². The van der Waals surface area contributed by atoms with Gasteiger partial charge < -0.3 is 24.7 Å². The zero-order valence-corrected chi connectivity index (χ0v) is 23.5. The lowest BCUT2D eigenvalue weighted by atomic mass is 10.1. The van der Waals surface area contributed by atoms with Crippen molar-refractivity contribution in [3.05, 3.63) is 59.7 Å². The number of imidazole rings is 1. The number of halogens is 1. The van der Waals surface area contributed by atoms with Gasteiger partial charge in [-0.05, 0) is 44.4 Å². The van der Waals surface area contributed by atoms with Crippen molar-refractivity contribution in [3.8, 4) is 17.4 Å². The second-order valence-electron chi connectivity index (χ2n) is 11.6. The summed E-state index contributed by atoms with van der Waals surface area (Å²) in [4.78, 5) is 34.2. The van der Waals surface area contributed by atoms with Crippen molar-refractivity contribution in [1.29, 1.82) is 0 Å². The van der Waals surface area contributed by atoms with Gasteiger partial charge in [-0.1, -0.05) is 24.3 Å². The molecule has 1 amide bonds. The van der Waals surface area contributed by atoms with E-state index in [4.69, 9.17) is 15.2 Å². The maximum atomic E-state index is 14.1. The molecule has 3 aromatic heterocycles. The van der Waals surface area contributed by atoms with E-state index in [1.165, 1.54) is 18.7 Å². The van der Waals surface area contributed by atoms with Crippen LogP contribution in [-0.2, 0) is 17.8 Å². The van der Waals surface area contributed by atoms with E-state index in [2.05, 4.69) is 49.1 Å². The van der Waals surface area contributed by atoms with Gasteiger partial charge >= 0.3 is 12.1 Å². The van der Waals surface area contributed by atoms with Crippen LogP contribution in [0.4, 0.5) is 15.0 Å². The number of nitrogen functional groups attached to an aromatic ring is 1. The molecule has 2 saturated heterocycles. The number of anilines is 1. The third kappa shape index (κ3) is 5.39. The number of ether oxygens (including phenoxy) is 2. The molecule has 2 N–H and O–H groups in total. The maximum Gasteiger partial charge on any atom is 0.410 e. The molecule has 41 heavy (non-hydrogen) atoms. The van der Waals surface area contributed by atoms with E-state index in [9.17, 15) is 9.18 Å². The third-order valence-electron chi connectivity index (χ3n) is 7.48. The van der Waals surface area contributed by atoms with Crippen LogP contribution in [0.15, 0.2) is 42.7 Å². The Morgan fingerprint density at radius 3 is 2.41 bits per heavy atom. The van der Waals surface area contributed by atoms with E-state index in [0.29, 0.717) is 41.7 Å². The van der Waals surface area contributed by atoms with E-state index in [1.54, 1.807) is 6.20 Å². The second-order valence-corrected chi connectivity index (χ2v) is 11.6. The fourth-order valence-electron chi connectivity index (χ4n) is 5.65. The number of carbonyl (C=O) groups excluding carboxylic acids is 1. The standard InChI is InChI=1S/C29H33FN8O3/c1-29(2,3)41-28(39)37-16-21-10-22(37)15-36(21)13-17-5-7-18(8-6-17)14-38-25(19-9-20(30)12-32-11-19)33-23-24(31)34-27(40-4)35-26(23)38/h5-9,11-12,21-22H,10,13-16H2,1-4H3,(H2,31,34,35)/t21-,22-/m0/s1. The van der Waals surface area contributed by atoms with Crippen molar-refractivity contribution < 1.29 is 18.7 Å². The van der Waals surface area contributed by atoms with E-state index in [1.807, 2.05) is 30.2 Å². The van der Waals surface area contributed by atoms with Crippen LogP contribution in [0.1, 0.15) is 38.3 Å². The predicted octanol–water partition coefficient (Wildman–Crippen LogP) is 3.86. The zero-order valence-electron chi connectivity index (χ0n) is 23.5. The molecular formula is C29H33FN8O3. The van der Waals surface area contributed by atoms with Gasteiger partial charge in [-0.15, -0.1) is 0 Å². The van der Waals surface area contributed by atoms with Crippen LogP contribution in [0, 0.1) is 5.82 Å². The summed E-state index contributed by atoms with van der Waals surface area (Å²) < 4.78 is 26.7. The Morgan fingerprint density at radius 1 is 1.05 bits per heavy atom. The van der Waals surface area contributed by atoms with Gasteiger partial charge in [-0.2, -0.15) is 9.97 Å². The minimum Gasteiger partial charge on any atom is -0.467 e. The van der Waals surface area contributed by atoms with Crippen molar-refractivity contribution in [2.24, 2.45) is 0 Å². The number of fused-ring (bicyclic) bond motifs is 3. The summed E-state index contributed by atoms with van der Waals surface area (Å²) in [5.41, 5.74) is 9.25. The Labute approximate surface area is 237 Å². The molecule has 214 valence electrons. The molecule has 1 aromatic carbocycles. The van der Waals surface area contributed by atoms with Crippen LogP contribution < -0.4 is 10.5 Å². The largest absolute Gasteiger partial charge is 0.467 e. The topological polar surface area (TPSA) is 125 Å². The minimum absolute atomic E-state index is 0.126. The highest BCUT2D eigenvalue weighted by Crippen LogP contribution is 2.33. The van der Waals surface area contributed by atoms with Gasteiger partial charge in [0.2, 0.25) is 0 Å². The Balaban J connectivity index is 1.20. The highest BCUT2D eigenvalue weighted by molar-refractivity contribution is 5.86. The molecule has 2 bridgehead atoms. The van der Waals surface area contributed by atoms with Crippen LogP contribution in [0.5, 0.6) is 6.01 Å². The first-order valence-corrected chi connectivity index (χ1v) is 13.6. The fraction of sp³-hybridized carbons (Fsp3) is 0.414. The van der Waals surface area contributed by atoms with Gasteiger partial charge in [0.15, 0.2) is 17.0 Å². The minimum atomic E-state index is -0.496. The van der Waals surface area contributed by atoms with Crippen LogP contribution >= 0.6 is 0 Å². The van der Waals surface area contributed by atoms with Crippen LogP contribution in [0.25, 0.3) is 22.6 Å². The number of amides is 1. The quantitative estimate of drug-likeness (QED) is 0.374. The maximum absolute atomic E-state index is 14.1. The molecule has 0 spiro atoms. The number of rotatable bonds is 6. The Morgan fingerprint density at radius 2 is 1.78 bits per heavy atom. The lowest BCUT2D eigenvalue weighted by Gasteiger charge is -2.35. The molecule has 2 fully saturated rings. The van der Waals surface area contributed by atoms with Gasteiger partial charge in [0.05, 0.1) is 19.9 Å². The number of nitrogens with two attached hydrogens (primary N) is 1. The fourth-order valence-corrected chi connectivity index (χ4v) is 5.65. The average molecular weight is 561 g/mol. The normalized spacial score (nSPS) is 18.8. The Bertz CT molecular complexity index is 1600. The Hall–Kier alpha value is -4.32. The van der Waals surface area contributed by atoms with E-state index >= 15 is 0 Å². The van der Waals surface area contributed by atoms with Crippen LogP contribution in [-0.4, -0.2) is 78.3 Å². The molecule has 0 unspecified atom stereocenters. The number of hydrogen-bond donors (Lipinski definition) is 1. The lowest BCUT2D eigenvalue weighted by Crippen LogP contribution is -2.49. The summed E-state index contributed by atoms with van der Waals surface area (Å²) in [6.45, 7) is 8.43. The Kier molecular flexibility index (Phi) is 6.72. The third-order valence-corrected chi connectivity index (χ3v) is 7.48. The summed E-state index contributed by atoms with van der Waals surface area (Å²) in [5.74, 6) is 0.191. The van der Waals surface area contributed by atoms with Crippen LogP contribution in [0.2, 0.25) is 0 Å².